The molecule has 1 aromatic heterocycles. The number of halogens is 3. The van der Waals surface area contributed by atoms with E-state index in [1.807, 2.05) is 0 Å². The summed E-state index contributed by atoms with van der Waals surface area (Å²) < 4.78 is 26.7. The lowest BCUT2D eigenvalue weighted by molar-refractivity contribution is 0.111. The average Bonchev–Trinajstić information content (AvgIpc) is 2.34. The molecule has 0 aliphatic carbocycles. The van der Waals surface area contributed by atoms with Crippen LogP contribution in [0.5, 0.6) is 0 Å². The van der Waals surface area contributed by atoms with Crippen molar-refractivity contribution in [2.45, 2.75) is 0 Å². The lowest BCUT2D eigenvalue weighted by Crippen LogP contribution is -1.94. The Morgan fingerprint density at radius 3 is 2.76 bits per heavy atom. The van der Waals surface area contributed by atoms with Crippen LogP contribution in [0.4, 0.5) is 8.78 Å². The Bertz CT molecular complexity index is 587. The molecule has 0 aliphatic heterocycles. The number of hydrogen-bond donors (Lipinski definition) is 0. The van der Waals surface area contributed by atoms with Crippen molar-refractivity contribution in [3.05, 3.63) is 52.7 Å². The van der Waals surface area contributed by atoms with E-state index in [0.29, 0.717) is 6.29 Å². The van der Waals surface area contributed by atoms with Gasteiger partial charge in [0.1, 0.15) is 0 Å². The monoisotopic (exact) mass is 253 g/mol. The van der Waals surface area contributed by atoms with E-state index in [1.54, 1.807) is 6.07 Å². The fraction of sp³-hybridized carbons (Fsp3) is 0. The van der Waals surface area contributed by atoms with E-state index < -0.39 is 11.6 Å². The standard InChI is InChI=1S/C12H6ClF2NO/c13-9-3-1-2-8(12(9)15)11-4-7(6-17)10(14)5-16-11/h1-6H. The average molecular weight is 254 g/mol. The number of pyridine rings is 1. The number of hydrogen-bond acceptors (Lipinski definition) is 2. The van der Waals surface area contributed by atoms with Crippen LogP contribution in [0.2, 0.25) is 5.02 Å². The van der Waals surface area contributed by atoms with Gasteiger partial charge in [-0.1, -0.05) is 17.7 Å². The summed E-state index contributed by atoms with van der Waals surface area (Å²) in [4.78, 5) is 14.3. The van der Waals surface area contributed by atoms with Crippen molar-refractivity contribution in [3.8, 4) is 11.3 Å². The van der Waals surface area contributed by atoms with Crippen LogP contribution >= 0.6 is 11.6 Å². The summed E-state index contributed by atoms with van der Waals surface area (Å²) in [7, 11) is 0. The van der Waals surface area contributed by atoms with Crippen LogP contribution < -0.4 is 0 Å². The molecule has 0 N–H and O–H groups in total. The number of nitrogens with zero attached hydrogens (tertiary/aromatic N) is 1. The van der Waals surface area contributed by atoms with E-state index in [4.69, 9.17) is 11.6 Å². The zero-order valence-corrected chi connectivity index (χ0v) is 9.21. The van der Waals surface area contributed by atoms with E-state index in [-0.39, 0.29) is 21.8 Å². The van der Waals surface area contributed by atoms with Gasteiger partial charge < -0.3 is 0 Å². The van der Waals surface area contributed by atoms with Gasteiger partial charge in [0.2, 0.25) is 0 Å². The fourth-order valence-electron chi connectivity index (χ4n) is 1.39. The van der Waals surface area contributed by atoms with Crippen LogP contribution in [0.1, 0.15) is 10.4 Å². The Morgan fingerprint density at radius 1 is 1.29 bits per heavy atom. The fourth-order valence-corrected chi connectivity index (χ4v) is 1.57. The molecule has 0 atom stereocenters. The van der Waals surface area contributed by atoms with E-state index >= 15 is 0 Å². The highest BCUT2D eigenvalue weighted by Crippen LogP contribution is 2.26. The van der Waals surface area contributed by atoms with E-state index in [1.165, 1.54) is 18.2 Å². The predicted molar refractivity (Wildman–Crippen MR) is 60.0 cm³/mol. The molecule has 0 amide bonds. The second kappa shape index (κ2) is 4.59. The Balaban J connectivity index is 2.61. The van der Waals surface area contributed by atoms with Crippen LogP contribution in [0.3, 0.4) is 0 Å². The highest BCUT2D eigenvalue weighted by Gasteiger charge is 2.11. The molecule has 1 heterocycles. The number of rotatable bonds is 2. The van der Waals surface area contributed by atoms with Crippen molar-refractivity contribution >= 4 is 17.9 Å². The summed E-state index contributed by atoms with van der Waals surface area (Å²) in [5.41, 5.74) is 0.114. The minimum Gasteiger partial charge on any atom is -0.298 e. The first kappa shape index (κ1) is 11.7. The minimum absolute atomic E-state index is 0.0544. The van der Waals surface area contributed by atoms with Crippen molar-refractivity contribution in [2.24, 2.45) is 0 Å². The summed E-state index contributed by atoms with van der Waals surface area (Å²) in [6, 6.07) is 5.57. The third-order valence-corrected chi connectivity index (χ3v) is 2.53. The first-order valence-electron chi connectivity index (χ1n) is 4.68. The molecule has 0 radical (unpaired) electrons. The molecule has 0 spiro atoms. The third-order valence-electron chi connectivity index (χ3n) is 2.24. The lowest BCUT2D eigenvalue weighted by Gasteiger charge is -2.04. The zero-order chi connectivity index (χ0) is 12.4. The van der Waals surface area contributed by atoms with Crippen molar-refractivity contribution in [1.82, 2.24) is 4.98 Å². The molecule has 5 heteroatoms. The Hall–Kier alpha value is -1.81. The highest BCUT2D eigenvalue weighted by molar-refractivity contribution is 6.31. The molecule has 0 bridgehead atoms. The zero-order valence-electron chi connectivity index (χ0n) is 8.45. The van der Waals surface area contributed by atoms with Gasteiger partial charge in [0.05, 0.1) is 22.5 Å². The molecule has 2 aromatic rings. The molecule has 17 heavy (non-hydrogen) atoms. The first-order valence-corrected chi connectivity index (χ1v) is 5.06. The quantitative estimate of drug-likeness (QED) is 0.767. The SMILES string of the molecule is O=Cc1cc(-c2cccc(Cl)c2F)ncc1F. The summed E-state index contributed by atoms with van der Waals surface area (Å²) in [5.74, 6) is -1.39. The number of benzene rings is 1. The molecule has 0 saturated heterocycles. The van der Waals surface area contributed by atoms with Crippen molar-refractivity contribution in [3.63, 3.8) is 0 Å². The molecule has 0 fully saturated rings. The second-order valence-corrected chi connectivity index (χ2v) is 3.72. The van der Waals surface area contributed by atoms with Crippen LogP contribution in [0.15, 0.2) is 30.5 Å². The summed E-state index contributed by atoms with van der Waals surface area (Å²) in [6.07, 6.45) is 1.22. The van der Waals surface area contributed by atoms with Gasteiger partial charge in [0.15, 0.2) is 17.9 Å². The lowest BCUT2D eigenvalue weighted by atomic mass is 10.1. The van der Waals surface area contributed by atoms with Crippen LogP contribution in [-0.4, -0.2) is 11.3 Å². The van der Waals surface area contributed by atoms with Gasteiger partial charge in [-0.05, 0) is 18.2 Å². The molecular formula is C12H6ClF2NO. The first-order chi connectivity index (χ1) is 8.13. The van der Waals surface area contributed by atoms with Gasteiger partial charge in [0.25, 0.3) is 0 Å². The molecule has 0 aliphatic rings. The maximum Gasteiger partial charge on any atom is 0.153 e. The smallest absolute Gasteiger partial charge is 0.153 e. The molecule has 0 unspecified atom stereocenters. The van der Waals surface area contributed by atoms with Gasteiger partial charge >= 0.3 is 0 Å². The molecule has 2 rings (SSSR count). The van der Waals surface area contributed by atoms with Gasteiger partial charge in [-0.3, -0.25) is 9.78 Å². The van der Waals surface area contributed by atoms with Gasteiger partial charge in [0, 0.05) is 5.56 Å². The van der Waals surface area contributed by atoms with E-state index in [0.717, 1.165) is 6.20 Å². The number of carbonyl (C=O) groups excluding carboxylic acids is 1. The number of aldehydes is 1. The third kappa shape index (κ3) is 2.17. The van der Waals surface area contributed by atoms with Crippen LogP contribution in [-0.2, 0) is 0 Å². The predicted octanol–water partition coefficient (Wildman–Crippen LogP) is 3.49. The van der Waals surface area contributed by atoms with Gasteiger partial charge in [-0.2, -0.15) is 0 Å². The minimum atomic E-state index is -0.744. The van der Waals surface area contributed by atoms with Crippen LogP contribution in [0, 0.1) is 11.6 Å². The molecule has 0 saturated carbocycles. The number of carbonyl (C=O) groups is 1. The number of aromatic nitrogens is 1. The topological polar surface area (TPSA) is 30.0 Å². The molecule has 1 aromatic carbocycles. The molecule has 2 nitrogen and oxygen atoms in total. The van der Waals surface area contributed by atoms with Crippen molar-refractivity contribution in [1.29, 1.82) is 0 Å². The Kier molecular flexibility index (Phi) is 3.15. The van der Waals surface area contributed by atoms with Gasteiger partial charge in [-0.25, -0.2) is 8.78 Å². The molecular weight excluding hydrogens is 248 g/mol. The largest absolute Gasteiger partial charge is 0.298 e. The summed E-state index contributed by atoms with van der Waals surface area (Å²) in [5, 5.41) is -0.0544. The maximum atomic E-state index is 13.7. The Labute approximate surface area is 101 Å². The van der Waals surface area contributed by atoms with Gasteiger partial charge in [-0.15, -0.1) is 0 Å². The summed E-state index contributed by atoms with van der Waals surface area (Å²) in [6.45, 7) is 0. The Morgan fingerprint density at radius 2 is 2.06 bits per heavy atom. The van der Waals surface area contributed by atoms with Crippen molar-refractivity contribution in [2.75, 3.05) is 0 Å². The maximum absolute atomic E-state index is 13.7. The second-order valence-electron chi connectivity index (χ2n) is 3.31. The molecule has 86 valence electrons. The van der Waals surface area contributed by atoms with Crippen LogP contribution in [0.25, 0.3) is 11.3 Å². The van der Waals surface area contributed by atoms with Crippen molar-refractivity contribution < 1.29 is 13.6 Å². The van der Waals surface area contributed by atoms with E-state index in [9.17, 15) is 13.6 Å². The highest BCUT2D eigenvalue weighted by atomic mass is 35.5. The van der Waals surface area contributed by atoms with E-state index in [2.05, 4.69) is 4.98 Å². The normalized spacial score (nSPS) is 10.3. The summed E-state index contributed by atoms with van der Waals surface area (Å²) >= 11 is 5.62.